The third-order valence-electron chi connectivity index (χ3n) is 14.5. The molecular weight excluding hydrogens is 851 g/mol. The van der Waals surface area contributed by atoms with Gasteiger partial charge in [0.2, 0.25) is 0 Å². The molecule has 15 rings (SSSR count). The fraction of sp³-hybridized carbons (Fsp3) is 0. The molecule has 0 atom stereocenters. The van der Waals surface area contributed by atoms with Crippen molar-refractivity contribution in [2.45, 2.75) is 0 Å². The highest BCUT2D eigenvalue weighted by atomic mass is 15.0. The molecule has 3 heterocycles. The van der Waals surface area contributed by atoms with Crippen molar-refractivity contribution in [2.75, 3.05) is 0 Å². The van der Waals surface area contributed by atoms with Crippen LogP contribution >= 0.6 is 0 Å². The van der Waals surface area contributed by atoms with Crippen LogP contribution in [0.4, 0.5) is 0 Å². The minimum atomic E-state index is 0.630. The molecule has 3 aromatic heterocycles. The van der Waals surface area contributed by atoms with Gasteiger partial charge in [0.1, 0.15) is 0 Å². The SMILES string of the molecule is c1ccc(-c2nc(-c3ccc4ccc5ccccc5c4c3)nc(-c3cccc4ccc(-n5c6ccccc6c6cc7cc(-n8c9ccccc9c9ccc%10ccccc%10c98)ccc7cc65)cc34)n2)cc1. The summed E-state index contributed by atoms with van der Waals surface area (Å²) >= 11 is 0. The number of rotatable bonds is 5. The van der Waals surface area contributed by atoms with Crippen molar-refractivity contribution >= 4 is 97.5 Å². The Morgan fingerprint density at radius 3 is 1.61 bits per heavy atom. The lowest BCUT2D eigenvalue weighted by Gasteiger charge is -2.14. The van der Waals surface area contributed by atoms with Crippen molar-refractivity contribution in [1.29, 1.82) is 0 Å². The number of hydrogen-bond acceptors (Lipinski definition) is 3. The van der Waals surface area contributed by atoms with Crippen LogP contribution in [-0.2, 0) is 0 Å². The number of hydrogen-bond donors (Lipinski definition) is 0. The van der Waals surface area contributed by atoms with Crippen LogP contribution in [0.25, 0.3) is 143 Å². The van der Waals surface area contributed by atoms with Gasteiger partial charge in [-0.15, -0.1) is 0 Å². The molecule has 0 aliphatic rings. The van der Waals surface area contributed by atoms with Crippen LogP contribution in [0.1, 0.15) is 0 Å². The fourth-order valence-electron chi connectivity index (χ4n) is 11.2. The van der Waals surface area contributed by atoms with E-state index in [4.69, 9.17) is 15.0 Å². The first-order valence-corrected chi connectivity index (χ1v) is 23.8. The smallest absolute Gasteiger partial charge is 0.164 e. The molecule has 12 aromatic carbocycles. The molecule has 0 N–H and O–H groups in total. The Balaban J connectivity index is 0.908. The second-order valence-electron chi connectivity index (χ2n) is 18.4. The topological polar surface area (TPSA) is 48.5 Å². The van der Waals surface area contributed by atoms with Crippen LogP contribution in [0, 0.1) is 0 Å². The van der Waals surface area contributed by atoms with Gasteiger partial charge in [0.15, 0.2) is 17.5 Å². The summed E-state index contributed by atoms with van der Waals surface area (Å²) < 4.78 is 4.87. The van der Waals surface area contributed by atoms with Gasteiger partial charge in [-0.2, -0.15) is 0 Å². The van der Waals surface area contributed by atoms with Crippen molar-refractivity contribution < 1.29 is 0 Å². The predicted molar refractivity (Wildman–Crippen MR) is 292 cm³/mol. The maximum atomic E-state index is 5.31. The maximum Gasteiger partial charge on any atom is 0.164 e. The molecule has 15 aromatic rings. The van der Waals surface area contributed by atoms with E-state index >= 15 is 0 Å². The number of nitrogens with zero attached hydrogens (tertiary/aromatic N) is 5. The van der Waals surface area contributed by atoms with E-state index in [2.05, 4.69) is 228 Å². The van der Waals surface area contributed by atoms with Gasteiger partial charge in [0.25, 0.3) is 0 Å². The zero-order valence-corrected chi connectivity index (χ0v) is 37.8. The van der Waals surface area contributed by atoms with Gasteiger partial charge in [-0.3, -0.25) is 0 Å². The standard InChI is InChI=1S/C65H39N5/c1-2-15-44(16-3-1)63-66-64(46-28-27-43-26-25-40-13-4-6-18-50(40)56(43)36-46)68-65(67-63)55-22-12-17-42-29-32-49(39-57(42)55)69-59-23-10-9-21-53(59)58-37-47-35-48(33-30-45(47)38-61(58)69)70-60-24-11-8-20-52(60)54-34-31-41-14-5-7-19-51(41)62(54)70/h1-39H. The predicted octanol–water partition coefficient (Wildman–Crippen LogP) is 16.8. The van der Waals surface area contributed by atoms with Crippen LogP contribution in [0.3, 0.4) is 0 Å². The molecular formula is C65H39N5. The molecule has 5 nitrogen and oxygen atoms in total. The molecule has 324 valence electrons. The molecule has 0 fully saturated rings. The summed E-state index contributed by atoms with van der Waals surface area (Å²) in [7, 11) is 0. The summed E-state index contributed by atoms with van der Waals surface area (Å²) in [6.07, 6.45) is 0. The lowest BCUT2D eigenvalue weighted by Crippen LogP contribution is -2.01. The zero-order chi connectivity index (χ0) is 45.9. The van der Waals surface area contributed by atoms with Gasteiger partial charge in [0.05, 0.1) is 22.1 Å². The van der Waals surface area contributed by atoms with Gasteiger partial charge in [-0.05, 0) is 103 Å². The molecule has 0 spiro atoms. The summed E-state index contributed by atoms with van der Waals surface area (Å²) in [5.74, 6) is 1.90. The van der Waals surface area contributed by atoms with Gasteiger partial charge < -0.3 is 9.13 Å². The first-order chi connectivity index (χ1) is 34.7. The molecule has 0 radical (unpaired) electrons. The molecule has 0 bridgehead atoms. The normalized spacial score (nSPS) is 12.0. The Labute approximate surface area is 401 Å². The van der Waals surface area contributed by atoms with Crippen LogP contribution in [-0.4, -0.2) is 24.1 Å². The van der Waals surface area contributed by atoms with Crippen LogP contribution in [0.2, 0.25) is 0 Å². The summed E-state index contributed by atoms with van der Waals surface area (Å²) in [5, 5.41) is 16.7. The van der Waals surface area contributed by atoms with E-state index < -0.39 is 0 Å². The monoisotopic (exact) mass is 889 g/mol. The summed E-state index contributed by atoms with van der Waals surface area (Å²) in [4.78, 5) is 15.7. The van der Waals surface area contributed by atoms with Crippen LogP contribution < -0.4 is 0 Å². The Morgan fingerprint density at radius 1 is 0.243 bits per heavy atom. The van der Waals surface area contributed by atoms with Crippen LogP contribution in [0.5, 0.6) is 0 Å². The van der Waals surface area contributed by atoms with E-state index in [0.717, 1.165) is 49.9 Å². The van der Waals surface area contributed by atoms with E-state index in [0.29, 0.717) is 17.5 Å². The highest BCUT2D eigenvalue weighted by Gasteiger charge is 2.20. The highest BCUT2D eigenvalue weighted by molar-refractivity contribution is 6.19. The molecule has 0 saturated heterocycles. The van der Waals surface area contributed by atoms with Crippen molar-refractivity contribution in [3.05, 3.63) is 237 Å². The van der Waals surface area contributed by atoms with E-state index in [1.807, 2.05) is 18.2 Å². The Morgan fingerprint density at radius 2 is 0.800 bits per heavy atom. The first-order valence-electron chi connectivity index (χ1n) is 23.8. The molecule has 0 aliphatic heterocycles. The lowest BCUT2D eigenvalue weighted by molar-refractivity contribution is 1.08. The molecule has 70 heavy (non-hydrogen) atoms. The van der Waals surface area contributed by atoms with Crippen molar-refractivity contribution in [2.24, 2.45) is 0 Å². The van der Waals surface area contributed by atoms with Crippen LogP contribution in [0.15, 0.2) is 237 Å². The third kappa shape index (κ3) is 5.88. The first kappa shape index (κ1) is 38.6. The number of fused-ring (bicyclic) bond motifs is 13. The molecule has 0 aliphatic carbocycles. The van der Waals surface area contributed by atoms with Gasteiger partial charge in [-0.1, -0.05) is 182 Å². The van der Waals surface area contributed by atoms with E-state index in [-0.39, 0.29) is 0 Å². The van der Waals surface area contributed by atoms with E-state index in [9.17, 15) is 0 Å². The van der Waals surface area contributed by atoms with Gasteiger partial charge in [-0.25, -0.2) is 15.0 Å². The van der Waals surface area contributed by atoms with Gasteiger partial charge >= 0.3 is 0 Å². The quantitative estimate of drug-likeness (QED) is 0.162. The molecule has 0 unspecified atom stereocenters. The Kier molecular flexibility index (Phi) is 8.29. The zero-order valence-electron chi connectivity index (χ0n) is 37.8. The lowest BCUT2D eigenvalue weighted by atomic mass is 9.99. The minimum absolute atomic E-state index is 0.630. The highest BCUT2D eigenvalue weighted by Crippen LogP contribution is 2.41. The van der Waals surface area contributed by atoms with Crippen molar-refractivity contribution in [3.8, 4) is 45.5 Å². The van der Waals surface area contributed by atoms with Crippen molar-refractivity contribution in [3.63, 3.8) is 0 Å². The second-order valence-corrected chi connectivity index (χ2v) is 18.4. The minimum Gasteiger partial charge on any atom is -0.309 e. The largest absolute Gasteiger partial charge is 0.309 e. The average molecular weight is 890 g/mol. The fourth-order valence-corrected chi connectivity index (χ4v) is 11.2. The number of benzene rings is 12. The second kappa shape index (κ2) is 15.0. The summed E-state index contributed by atoms with van der Waals surface area (Å²) in [5.41, 5.74) is 9.78. The summed E-state index contributed by atoms with van der Waals surface area (Å²) in [6, 6.07) is 85.4. The average Bonchev–Trinajstić information content (AvgIpc) is 3.94. The number of aromatic nitrogens is 5. The van der Waals surface area contributed by atoms with Crippen molar-refractivity contribution in [1.82, 2.24) is 24.1 Å². The third-order valence-corrected chi connectivity index (χ3v) is 14.5. The summed E-state index contributed by atoms with van der Waals surface area (Å²) in [6.45, 7) is 0. The molecule has 0 amide bonds. The Hall–Kier alpha value is -9.45. The van der Waals surface area contributed by atoms with E-state index in [1.165, 1.54) is 75.7 Å². The molecule has 0 saturated carbocycles. The van der Waals surface area contributed by atoms with E-state index in [1.54, 1.807) is 0 Å². The maximum absolute atomic E-state index is 5.31. The Bertz CT molecular complexity index is 4660. The molecule has 5 heteroatoms. The number of para-hydroxylation sites is 2. The van der Waals surface area contributed by atoms with Gasteiger partial charge in [0, 0.05) is 55.0 Å².